The summed E-state index contributed by atoms with van der Waals surface area (Å²) >= 11 is 0. The third kappa shape index (κ3) is 3.95. The normalized spacial score (nSPS) is 14.2. The number of amides is 1. The highest BCUT2D eigenvalue weighted by atomic mass is 16.5. The minimum Gasteiger partial charge on any atom is -0.494 e. The molecule has 4 nitrogen and oxygen atoms in total. The van der Waals surface area contributed by atoms with Gasteiger partial charge in [0.2, 0.25) is 5.91 Å². The molecule has 1 amide bonds. The molecule has 24 heavy (non-hydrogen) atoms. The van der Waals surface area contributed by atoms with Gasteiger partial charge >= 0.3 is 0 Å². The van der Waals surface area contributed by atoms with E-state index in [0.29, 0.717) is 13.0 Å². The average molecular weight is 324 g/mol. The second-order valence-electron chi connectivity index (χ2n) is 5.96. The molecule has 1 aliphatic heterocycles. The highest BCUT2D eigenvalue weighted by Gasteiger charge is 2.21. The number of rotatable bonds is 7. The third-order valence-corrected chi connectivity index (χ3v) is 4.24. The summed E-state index contributed by atoms with van der Waals surface area (Å²) in [4.78, 5) is 13.6. The number of ether oxygens (including phenoxy) is 1. The smallest absolute Gasteiger partial charge is 0.227 e. The Bertz CT molecular complexity index is 682. The molecule has 0 radical (unpaired) electrons. The Morgan fingerprint density at radius 2 is 1.88 bits per heavy atom. The molecule has 1 fully saturated rings. The lowest BCUT2D eigenvalue weighted by atomic mass is 10.1. The zero-order chi connectivity index (χ0) is 16.8. The van der Waals surface area contributed by atoms with E-state index >= 15 is 0 Å². The van der Waals surface area contributed by atoms with E-state index in [1.807, 2.05) is 42.2 Å². The second kappa shape index (κ2) is 7.97. The van der Waals surface area contributed by atoms with E-state index in [4.69, 9.17) is 4.74 Å². The molecule has 2 aromatic rings. The Balaban J connectivity index is 1.55. The number of benzene rings is 2. The van der Waals surface area contributed by atoms with Crippen LogP contribution in [-0.2, 0) is 17.9 Å². The molecule has 1 saturated heterocycles. The Kier molecular flexibility index (Phi) is 5.49. The number of para-hydroxylation sites is 1. The van der Waals surface area contributed by atoms with E-state index in [1.54, 1.807) is 0 Å². The van der Waals surface area contributed by atoms with Crippen molar-refractivity contribution in [1.82, 2.24) is 5.32 Å². The highest BCUT2D eigenvalue weighted by Crippen LogP contribution is 2.22. The lowest BCUT2D eigenvalue weighted by Gasteiger charge is -2.16. The molecule has 126 valence electrons. The summed E-state index contributed by atoms with van der Waals surface area (Å²) in [6.07, 6.45) is 1.63. The van der Waals surface area contributed by atoms with Gasteiger partial charge in [0.1, 0.15) is 5.75 Å². The number of anilines is 1. The van der Waals surface area contributed by atoms with Crippen LogP contribution in [0.5, 0.6) is 5.75 Å². The van der Waals surface area contributed by atoms with E-state index in [2.05, 4.69) is 23.5 Å². The highest BCUT2D eigenvalue weighted by molar-refractivity contribution is 5.95. The van der Waals surface area contributed by atoms with Gasteiger partial charge in [-0.05, 0) is 37.1 Å². The SMILES string of the molecule is CCOc1ccccc1CNCc1ccc(N2CCCC2=O)cc1. The van der Waals surface area contributed by atoms with E-state index in [0.717, 1.165) is 37.5 Å². The lowest BCUT2D eigenvalue weighted by molar-refractivity contribution is -0.117. The monoisotopic (exact) mass is 324 g/mol. The van der Waals surface area contributed by atoms with Gasteiger partial charge in [-0.15, -0.1) is 0 Å². The van der Waals surface area contributed by atoms with Crippen molar-refractivity contribution in [2.24, 2.45) is 0 Å². The van der Waals surface area contributed by atoms with Crippen LogP contribution in [0.15, 0.2) is 48.5 Å². The molecule has 0 aliphatic carbocycles. The molecular weight excluding hydrogens is 300 g/mol. The summed E-state index contributed by atoms with van der Waals surface area (Å²) < 4.78 is 5.65. The quantitative estimate of drug-likeness (QED) is 0.847. The molecule has 0 atom stereocenters. The van der Waals surface area contributed by atoms with Crippen LogP contribution in [0.2, 0.25) is 0 Å². The number of hydrogen-bond acceptors (Lipinski definition) is 3. The zero-order valence-electron chi connectivity index (χ0n) is 14.1. The van der Waals surface area contributed by atoms with Crippen LogP contribution >= 0.6 is 0 Å². The van der Waals surface area contributed by atoms with Gasteiger partial charge in [-0.3, -0.25) is 4.79 Å². The maximum atomic E-state index is 11.8. The standard InChI is InChI=1S/C20H24N2O2/c1-2-24-19-7-4-3-6-17(19)15-21-14-16-9-11-18(12-10-16)22-13-5-8-20(22)23/h3-4,6-7,9-12,21H,2,5,8,13-15H2,1H3. The summed E-state index contributed by atoms with van der Waals surface area (Å²) in [5.74, 6) is 1.17. The van der Waals surface area contributed by atoms with Gasteiger partial charge in [0.25, 0.3) is 0 Å². The number of hydrogen-bond donors (Lipinski definition) is 1. The first-order valence-electron chi connectivity index (χ1n) is 8.58. The van der Waals surface area contributed by atoms with Crippen molar-refractivity contribution < 1.29 is 9.53 Å². The van der Waals surface area contributed by atoms with Gasteiger partial charge < -0.3 is 15.0 Å². The molecular formula is C20H24N2O2. The maximum Gasteiger partial charge on any atom is 0.227 e. The molecule has 2 aromatic carbocycles. The van der Waals surface area contributed by atoms with Crippen molar-refractivity contribution in [3.05, 3.63) is 59.7 Å². The van der Waals surface area contributed by atoms with Crippen molar-refractivity contribution >= 4 is 11.6 Å². The Morgan fingerprint density at radius 1 is 1.08 bits per heavy atom. The van der Waals surface area contributed by atoms with Gasteiger partial charge in [0.15, 0.2) is 0 Å². The predicted molar refractivity (Wildman–Crippen MR) is 96.2 cm³/mol. The molecule has 3 rings (SSSR count). The van der Waals surface area contributed by atoms with E-state index in [9.17, 15) is 4.79 Å². The first kappa shape index (κ1) is 16.5. The first-order valence-corrected chi connectivity index (χ1v) is 8.58. The Hall–Kier alpha value is -2.33. The lowest BCUT2D eigenvalue weighted by Crippen LogP contribution is -2.23. The molecule has 1 N–H and O–H groups in total. The fourth-order valence-electron chi connectivity index (χ4n) is 3.00. The van der Waals surface area contributed by atoms with Crippen LogP contribution in [0.1, 0.15) is 30.9 Å². The van der Waals surface area contributed by atoms with Gasteiger partial charge in [0.05, 0.1) is 6.61 Å². The van der Waals surface area contributed by atoms with Gasteiger partial charge in [-0.25, -0.2) is 0 Å². The average Bonchev–Trinajstić information content (AvgIpc) is 3.03. The van der Waals surface area contributed by atoms with Crippen molar-refractivity contribution in [3.8, 4) is 5.75 Å². The van der Waals surface area contributed by atoms with Crippen LogP contribution in [-0.4, -0.2) is 19.1 Å². The van der Waals surface area contributed by atoms with Crippen LogP contribution in [0.25, 0.3) is 0 Å². The van der Waals surface area contributed by atoms with Gasteiger partial charge in [-0.2, -0.15) is 0 Å². The van der Waals surface area contributed by atoms with E-state index < -0.39 is 0 Å². The molecule has 0 spiro atoms. The zero-order valence-corrected chi connectivity index (χ0v) is 14.1. The van der Waals surface area contributed by atoms with Crippen LogP contribution in [0, 0.1) is 0 Å². The maximum absolute atomic E-state index is 11.8. The summed E-state index contributed by atoms with van der Waals surface area (Å²) in [6, 6.07) is 16.4. The van der Waals surface area contributed by atoms with Crippen LogP contribution in [0.4, 0.5) is 5.69 Å². The molecule has 1 heterocycles. The van der Waals surface area contributed by atoms with Gasteiger partial charge in [-0.1, -0.05) is 30.3 Å². The summed E-state index contributed by atoms with van der Waals surface area (Å²) in [6.45, 7) is 5.06. The summed E-state index contributed by atoms with van der Waals surface area (Å²) in [5.41, 5.74) is 3.38. The predicted octanol–water partition coefficient (Wildman–Crippen LogP) is 3.50. The second-order valence-corrected chi connectivity index (χ2v) is 5.96. The molecule has 0 bridgehead atoms. The molecule has 0 unspecified atom stereocenters. The van der Waals surface area contributed by atoms with Gasteiger partial charge in [0, 0.05) is 37.3 Å². The van der Waals surface area contributed by atoms with Crippen molar-refractivity contribution in [1.29, 1.82) is 0 Å². The largest absolute Gasteiger partial charge is 0.494 e. The number of nitrogens with zero attached hydrogens (tertiary/aromatic N) is 1. The van der Waals surface area contributed by atoms with E-state index in [-0.39, 0.29) is 5.91 Å². The van der Waals surface area contributed by atoms with Crippen LogP contribution < -0.4 is 15.0 Å². The fourth-order valence-corrected chi connectivity index (χ4v) is 3.00. The molecule has 1 aliphatic rings. The molecule has 0 saturated carbocycles. The summed E-state index contributed by atoms with van der Waals surface area (Å²) in [5, 5.41) is 3.45. The van der Waals surface area contributed by atoms with Crippen molar-refractivity contribution in [3.63, 3.8) is 0 Å². The van der Waals surface area contributed by atoms with E-state index in [1.165, 1.54) is 11.1 Å². The summed E-state index contributed by atoms with van der Waals surface area (Å²) in [7, 11) is 0. The Morgan fingerprint density at radius 3 is 2.58 bits per heavy atom. The van der Waals surface area contributed by atoms with Crippen molar-refractivity contribution in [2.45, 2.75) is 32.9 Å². The third-order valence-electron chi connectivity index (χ3n) is 4.24. The minimum absolute atomic E-state index is 0.230. The number of nitrogens with one attached hydrogen (secondary N) is 1. The first-order chi connectivity index (χ1) is 11.8. The number of carbonyl (C=O) groups is 1. The number of carbonyl (C=O) groups excluding carboxylic acids is 1. The fraction of sp³-hybridized carbons (Fsp3) is 0.350. The molecule has 4 heteroatoms. The van der Waals surface area contributed by atoms with Crippen molar-refractivity contribution in [2.75, 3.05) is 18.1 Å². The minimum atomic E-state index is 0.230. The molecule has 0 aromatic heterocycles. The van der Waals surface area contributed by atoms with Crippen LogP contribution in [0.3, 0.4) is 0 Å². The Labute approximate surface area is 143 Å². The topological polar surface area (TPSA) is 41.6 Å².